The Labute approximate surface area is 102 Å². The van der Waals surface area contributed by atoms with Crippen LogP contribution in [0.4, 0.5) is 4.39 Å². The van der Waals surface area contributed by atoms with Crippen molar-refractivity contribution < 1.29 is 14.2 Å². The van der Waals surface area contributed by atoms with Gasteiger partial charge in [-0.25, -0.2) is 4.39 Å². The molecule has 0 saturated carbocycles. The molecule has 0 aliphatic rings. The van der Waals surface area contributed by atoms with Crippen molar-refractivity contribution in [1.29, 1.82) is 0 Å². The molecule has 4 heteroatoms. The van der Waals surface area contributed by atoms with E-state index in [9.17, 15) is 9.50 Å². The lowest BCUT2D eigenvalue weighted by Gasteiger charge is -2.20. The fourth-order valence-electron chi connectivity index (χ4n) is 1.64. The second kappa shape index (κ2) is 6.57. The molecule has 3 nitrogen and oxygen atoms in total. The van der Waals surface area contributed by atoms with E-state index in [-0.39, 0.29) is 18.5 Å². The van der Waals surface area contributed by atoms with E-state index in [1.807, 2.05) is 13.8 Å². The van der Waals surface area contributed by atoms with E-state index >= 15 is 0 Å². The molecule has 0 saturated heterocycles. The summed E-state index contributed by atoms with van der Waals surface area (Å²) < 4.78 is 18.3. The Morgan fingerprint density at radius 1 is 1.41 bits per heavy atom. The Hall–Kier alpha value is -1.13. The SMILES string of the molecule is COc1ccc(F)cc1CNC(CO)C(C)C. The molecule has 2 N–H and O–H groups in total. The van der Waals surface area contributed by atoms with Crippen LogP contribution in [0.25, 0.3) is 0 Å². The van der Waals surface area contributed by atoms with Crippen molar-refractivity contribution >= 4 is 0 Å². The molecule has 1 aromatic rings. The number of halogens is 1. The van der Waals surface area contributed by atoms with E-state index < -0.39 is 0 Å². The second-order valence-electron chi connectivity index (χ2n) is 4.37. The fraction of sp³-hybridized carbons (Fsp3) is 0.538. The molecule has 0 heterocycles. The number of hydrogen-bond acceptors (Lipinski definition) is 3. The topological polar surface area (TPSA) is 41.5 Å². The van der Waals surface area contributed by atoms with Crippen LogP contribution in [0.2, 0.25) is 0 Å². The number of nitrogens with one attached hydrogen (secondary N) is 1. The summed E-state index contributed by atoms with van der Waals surface area (Å²) in [6.45, 7) is 4.59. The highest BCUT2D eigenvalue weighted by atomic mass is 19.1. The van der Waals surface area contributed by atoms with Gasteiger partial charge in [0.1, 0.15) is 11.6 Å². The number of aliphatic hydroxyl groups is 1. The molecule has 1 unspecified atom stereocenters. The molecule has 0 radical (unpaired) electrons. The highest BCUT2D eigenvalue weighted by molar-refractivity contribution is 5.33. The van der Waals surface area contributed by atoms with Gasteiger partial charge in [0.05, 0.1) is 13.7 Å². The van der Waals surface area contributed by atoms with Crippen molar-refractivity contribution in [2.75, 3.05) is 13.7 Å². The predicted molar refractivity (Wildman–Crippen MR) is 65.5 cm³/mol. The van der Waals surface area contributed by atoms with Crippen LogP contribution in [-0.2, 0) is 6.54 Å². The minimum atomic E-state index is -0.285. The van der Waals surface area contributed by atoms with E-state index in [0.29, 0.717) is 18.2 Å². The zero-order valence-electron chi connectivity index (χ0n) is 10.5. The number of ether oxygens (including phenoxy) is 1. The van der Waals surface area contributed by atoms with Crippen molar-refractivity contribution in [1.82, 2.24) is 5.32 Å². The molecular formula is C13H20FNO2. The van der Waals surface area contributed by atoms with Gasteiger partial charge in [0.25, 0.3) is 0 Å². The van der Waals surface area contributed by atoms with Gasteiger partial charge in [-0.3, -0.25) is 0 Å². The summed E-state index contributed by atoms with van der Waals surface area (Å²) in [4.78, 5) is 0. The first-order chi connectivity index (χ1) is 8.08. The van der Waals surface area contributed by atoms with Crippen LogP contribution in [0.5, 0.6) is 5.75 Å². The third-order valence-electron chi connectivity index (χ3n) is 2.80. The number of methoxy groups -OCH3 is 1. The van der Waals surface area contributed by atoms with Crippen LogP contribution in [0.3, 0.4) is 0 Å². The minimum absolute atomic E-state index is 0.00275. The zero-order chi connectivity index (χ0) is 12.8. The van der Waals surface area contributed by atoms with E-state index in [4.69, 9.17) is 4.74 Å². The summed E-state index contributed by atoms with van der Waals surface area (Å²) in [6.07, 6.45) is 0. The second-order valence-corrected chi connectivity index (χ2v) is 4.37. The van der Waals surface area contributed by atoms with Crippen LogP contribution >= 0.6 is 0 Å². The molecule has 1 atom stereocenters. The normalized spacial score (nSPS) is 12.8. The lowest BCUT2D eigenvalue weighted by atomic mass is 10.0. The van der Waals surface area contributed by atoms with Gasteiger partial charge in [-0.2, -0.15) is 0 Å². The first-order valence-electron chi connectivity index (χ1n) is 5.75. The van der Waals surface area contributed by atoms with Crippen LogP contribution in [-0.4, -0.2) is 24.9 Å². The molecule has 0 spiro atoms. The van der Waals surface area contributed by atoms with Gasteiger partial charge in [0, 0.05) is 18.2 Å². The highest BCUT2D eigenvalue weighted by Crippen LogP contribution is 2.19. The van der Waals surface area contributed by atoms with Crippen molar-refractivity contribution in [2.45, 2.75) is 26.4 Å². The maximum absolute atomic E-state index is 13.1. The summed E-state index contributed by atoms with van der Waals surface area (Å²) in [7, 11) is 1.56. The van der Waals surface area contributed by atoms with Gasteiger partial charge in [0.15, 0.2) is 0 Å². The highest BCUT2D eigenvalue weighted by Gasteiger charge is 2.12. The standard InChI is InChI=1S/C13H20FNO2/c1-9(2)12(8-16)15-7-10-6-11(14)4-5-13(10)17-3/h4-6,9,12,15-16H,7-8H2,1-3H3. The smallest absolute Gasteiger partial charge is 0.123 e. The summed E-state index contributed by atoms with van der Waals surface area (Å²) in [5.74, 6) is 0.687. The first kappa shape index (κ1) is 13.9. The number of hydrogen-bond donors (Lipinski definition) is 2. The Bertz CT molecular complexity index is 355. The van der Waals surface area contributed by atoms with Crippen molar-refractivity contribution in [3.8, 4) is 5.75 Å². The molecule has 0 fully saturated rings. The number of aliphatic hydroxyl groups excluding tert-OH is 1. The number of rotatable bonds is 6. The summed E-state index contributed by atoms with van der Waals surface area (Å²) >= 11 is 0. The molecule has 1 aromatic carbocycles. The van der Waals surface area contributed by atoms with Gasteiger partial charge in [-0.05, 0) is 24.1 Å². The molecule has 1 rings (SSSR count). The molecule has 0 bridgehead atoms. The van der Waals surface area contributed by atoms with E-state index in [1.54, 1.807) is 13.2 Å². The Morgan fingerprint density at radius 2 is 2.12 bits per heavy atom. The first-order valence-corrected chi connectivity index (χ1v) is 5.75. The van der Waals surface area contributed by atoms with E-state index in [1.165, 1.54) is 12.1 Å². The van der Waals surface area contributed by atoms with Crippen LogP contribution in [0.1, 0.15) is 19.4 Å². The van der Waals surface area contributed by atoms with Crippen molar-refractivity contribution in [3.63, 3.8) is 0 Å². The summed E-state index contributed by atoms with van der Waals surface area (Å²) in [5.41, 5.74) is 0.756. The predicted octanol–water partition coefficient (Wildman–Crippen LogP) is 1.94. The average Bonchev–Trinajstić information content (AvgIpc) is 2.29. The van der Waals surface area contributed by atoms with Crippen LogP contribution in [0, 0.1) is 11.7 Å². The van der Waals surface area contributed by atoms with Gasteiger partial charge in [0.2, 0.25) is 0 Å². The molecule has 0 aliphatic carbocycles. The largest absolute Gasteiger partial charge is 0.496 e. The number of benzene rings is 1. The summed E-state index contributed by atoms with van der Waals surface area (Å²) in [6, 6.07) is 4.42. The third-order valence-corrected chi connectivity index (χ3v) is 2.80. The molecule has 0 amide bonds. The van der Waals surface area contributed by atoms with Gasteiger partial charge in [-0.1, -0.05) is 13.8 Å². The van der Waals surface area contributed by atoms with Gasteiger partial charge in [-0.15, -0.1) is 0 Å². The van der Waals surface area contributed by atoms with Gasteiger partial charge < -0.3 is 15.2 Å². The van der Waals surface area contributed by atoms with Gasteiger partial charge >= 0.3 is 0 Å². The molecule has 0 aliphatic heterocycles. The molecular weight excluding hydrogens is 221 g/mol. The van der Waals surface area contributed by atoms with Crippen LogP contribution < -0.4 is 10.1 Å². The Balaban J connectivity index is 2.70. The van der Waals surface area contributed by atoms with E-state index in [0.717, 1.165) is 5.56 Å². The Morgan fingerprint density at radius 3 is 2.65 bits per heavy atom. The fourth-order valence-corrected chi connectivity index (χ4v) is 1.64. The summed E-state index contributed by atoms with van der Waals surface area (Å²) in [5, 5.41) is 12.4. The monoisotopic (exact) mass is 241 g/mol. The molecule has 96 valence electrons. The zero-order valence-corrected chi connectivity index (χ0v) is 10.5. The van der Waals surface area contributed by atoms with Crippen LogP contribution in [0.15, 0.2) is 18.2 Å². The average molecular weight is 241 g/mol. The quantitative estimate of drug-likeness (QED) is 0.799. The van der Waals surface area contributed by atoms with Crippen molar-refractivity contribution in [2.24, 2.45) is 5.92 Å². The Kier molecular flexibility index (Phi) is 5.38. The lowest BCUT2D eigenvalue weighted by molar-refractivity contribution is 0.209. The molecule has 17 heavy (non-hydrogen) atoms. The molecule has 0 aromatic heterocycles. The minimum Gasteiger partial charge on any atom is -0.496 e. The van der Waals surface area contributed by atoms with E-state index in [2.05, 4.69) is 5.32 Å². The lowest BCUT2D eigenvalue weighted by Crippen LogP contribution is -2.36. The maximum atomic E-state index is 13.1. The third kappa shape index (κ3) is 3.98. The van der Waals surface area contributed by atoms with Crippen molar-refractivity contribution in [3.05, 3.63) is 29.6 Å². The maximum Gasteiger partial charge on any atom is 0.123 e.